The van der Waals surface area contributed by atoms with Crippen LogP contribution in [0.25, 0.3) is 0 Å². The molecule has 1 nitrogen and oxygen atoms in total. The SMILES string of the molecule is F.N#Cc1cccc(Cl)c1Cl. The van der Waals surface area contributed by atoms with Gasteiger partial charge in [-0.3, -0.25) is 4.70 Å². The van der Waals surface area contributed by atoms with Crippen LogP contribution in [-0.2, 0) is 0 Å². The third kappa shape index (κ3) is 2.07. The van der Waals surface area contributed by atoms with E-state index in [0.717, 1.165) is 0 Å². The highest BCUT2D eigenvalue weighted by Crippen LogP contribution is 2.24. The van der Waals surface area contributed by atoms with E-state index >= 15 is 0 Å². The first-order chi connectivity index (χ1) is 4.75. The van der Waals surface area contributed by atoms with Gasteiger partial charge in [0.15, 0.2) is 0 Å². The van der Waals surface area contributed by atoms with Crippen molar-refractivity contribution >= 4 is 23.2 Å². The van der Waals surface area contributed by atoms with Crippen molar-refractivity contribution in [3.8, 4) is 6.07 Å². The summed E-state index contributed by atoms with van der Waals surface area (Å²) in [7, 11) is 0. The molecule has 0 N–H and O–H groups in total. The van der Waals surface area contributed by atoms with Crippen LogP contribution in [-0.4, -0.2) is 0 Å². The molecule has 0 aliphatic carbocycles. The van der Waals surface area contributed by atoms with Gasteiger partial charge in [-0.25, -0.2) is 0 Å². The van der Waals surface area contributed by atoms with Gasteiger partial charge in [-0.1, -0.05) is 29.3 Å². The maximum Gasteiger partial charge on any atom is 0.101 e. The minimum Gasteiger partial charge on any atom is -0.269 e. The van der Waals surface area contributed by atoms with Crippen LogP contribution in [0, 0.1) is 11.3 Å². The van der Waals surface area contributed by atoms with Crippen molar-refractivity contribution in [1.29, 1.82) is 5.26 Å². The summed E-state index contributed by atoms with van der Waals surface area (Å²) in [6.45, 7) is 0. The predicted octanol–water partition coefficient (Wildman–Crippen LogP) is 3.02. The highest BCUT2D eigenvalue weighted by atomic mass is 35.5. The second-order valence-corrected chi connectivity index (χ2v) is 2.50. The molecule has 0 aliphatic rings. The lowest BCUT2D eigenvalue weighted by Crippen LogP contribution is -1.75. The van der Waals surface area contributed by atoms with Gasteiger partial charge in [-0.05, 0) is 12.1 Å². The van der Waals surface area contributed by atoms with Gasteiger partial charge in [0.2, 0.25) is 0 Å². The summed E-state index contributed by atoms with van der Waals surface area (Å²) in [5.41, 5.74) is 0.411. The minimum atomic E-state index is 0. The Labute approximate surface area is 73.5 Å². The molecular formula is C7H4Cl2FN. The van der Waals surface area contributed by atoms with Crippen LogP contribution in [0.15, 0.2) is 18.2 Å². The van der Waals surface area contributed by atoms with E-state index < -0.39 is 0 Å². The minimum absolute atomic E-state index is 0. The molecule has 0 radical (unpaired) electrons. The van der Waals surface area contributed by atoms with Crippen molar-refractivity contribution in [2.24, 2.45) is 0 Å². The molecule has 0 aromatic heterocycles. The molecule has 1 aromatic carbocycles. The summed E-state index contributed by atoms with van der Waals surface area (Å²) < 4.78 is 0. The quantitative estimate of drug-likeness (QED) is 0.619. The lowest BCUT2D eigenvalue weighted by atomic mass is 10.2. The fourth-order valence-corrected chi connectivity index (χ4v) is 0.933. The van der Waals surface area contributed by atoms with E-state index in [-0.39, 0.29) is 4.70 Å². The van der Waals surface area contributed by atoms with Crippen molar-refractivity contribution in [1.82, 2.24) is 0 Å². The topological polar surface area (TPSA) is 23.8 Å². The maximum absolute atomic E-state index is 8.45. The summed E-state index contributed by atoms with van der Waals surface area (Å²) in [6.07, 6.45) is 0. The van der Waals surface area contributed by atoms with Crippen molar-refractivity contribution in [3.63, 3.8) is 0 Å². The molecule has 0 heterocycles. The third-order valence-electron chi connectivity index (χ3n) is 1.07. The van der Waals surface area contributed by atoms with Gasteiger partial charge in [0.1, 0.15) is 6.07 Å². The van der Waals surface area contributed by atoms with Crippen molar-refractivity contribution in [2.45, 2.75) is 0 Å². The number of nitriles is 1. The van der Waals surface area contributed by atoms with Gasteiger partial charge in [0, 0.05) is 0 Å². The molecule has 1 aromatic rings. The summed E-state index contributed by atoms with van der Waals surface area (Å²) in [4.78, 5) is 0. The molecule has 58 valence electrons. The van der Waals surface area contributed by atoms with Gasteiger partial charge < -0.3 is 0 Å². The Morgan fingerprint density at radius 2 is 1.91 bits per heavy atom. The summed E-state index contributed by atoms with van der Waals surface area (Å²) >= 11 is 11.2. The van der Waals surface area contributed by atoms with Crippen molar-refractivity contribution in [2.75, 3.05) is 0 Å². The highest BCUT2D eigenvalue weighted by Gasteiger charge is 2.00. The number of hydrogen-bond acceptors (Lipinski definition) is 1. The predicted molar refractivity (Wildman–Crippen MR) is 43.7 cm³/mol. The lowest BCUT2D eigenvalue weighted by Gasteiger charge is -1.94. The Bertz CT molecular complexity index is 293. The number of hydrogen-bond donors (Lipinski definition) is 0. The van der Waals surface area contributed by atoms with E-state index in [4.69, 9.17) is 28.5 Å². The summed E-state index contributed by atoms with van der Waals surface area (Å²) in [5, 5.41) is 9.19. The number of benzene rings is 1. The third-order valence-corrected chi connectivity index (χ3v) is 1.89. The number of rotatable bonds is 0. The molecule has 0 amide bonds. The fourth-order valence-electron chi connectivity index (χ4n) is 0.590. The number of halogens is 3. The monoisotopic (exact) mass is 191 g/mol. The normalized spacial score (nSPS) is 8.09. The Kier molecular flexibility index (Phi) is 3.88. The van der Waals surface area contributed by atoms with Crippen LogP contribution in [0.4, 0.5) is 4.70 Å². The zero-order valence-corrected chi connectivity index (χ0v) is 6.86. The molecule has 0 atom stereocenters. The largest absolute Gasteiger partial charge is 0.269 e. The van der Waals surface area contributed by atoms with Crippen LogP contribution in [0.2, 0.25) is 10.0 Å². The van der Waals surface area contributed by atoms with Crippen LogP contribution in [0.5, 0.6) is 0 Å². The zero-order valence-electron chi connectivity index (χ0n) is 5.34. The molecule has 1 rings (SSSR count). The molecule has 0 aliphatic heterocycles. The first kappa shape index (κ1) is 10.2. The highest BCUT2D eigenvalue weighted by molar-refractivity contribution is 6.42. The van der Waals surface area contributed by atoms with Crippen molar-refractivity contribution in [3.05, 3.63) is 33.8 Å². The zero-order chi connectivity index (χ0) is 7.56. The lowest BCUT2D eigenvalue weighted by molar-refractivity contribution is 1.11. The molecule has 0 bridgehead atoms. The van der Waals surface area contributed by atoms with E-state index in [1.165, 1.54) is 0 Å². The van der Waals surface area contributed by atoms with E-state index in [1.807, 2.05) is 6.07 Å². The van der Waals surface area contributed by atoms with Crippen LogP contribution in [0.1, 0.15) is 5.56 Å². The molecule has 0 unspecified atom stereocenters. The molecule has 0 saturated heterocycles. The first-order valence-electron chi connectivity index (χ1n) is 2.60. The molecule has 11 heavy (non-hydrogen) atoms. The Hall–Kier alpha value is -0.780. The van der Waals surface area contributed by atoms with E-state index in [1.54, 1.807) is 18.2 Å². The van der Waals surface area contributed by atoms with Crippen molar-refractivity contribution < 1.29 is 4.70 Å². The van der Waals surface area contributed by atoms with Gasteiger partial charge >= 0.3 is 0 Å². The van der Waals surface area contributed by atoms with E-state index in [9.17, 15) is 0 Å². The summed E-state index contributed by atoms with van der Waals surface area (Å²) in [5.74, 6) is 0. The van der Waals surface area contributed by atoms with Crippen LogP contribution in [0.3, 0.4) is 0 Å². The average Bonchev–Trinajstić information content (AvgIpc) is 1.95. The van der Waals surface area contributed by atoms with E-state index in [0.29, 0.717) is 15.6 Å². The Morgan fingerprint density at radius 1 is 1.27 bits per heavy atom. The second kappa shape index (κ2) is 4.17. The Morgan fingerprint density at radius 3 is 2.36 bits per heavy atom. The smallest absolute Gasteiger partial charge is 0.101 e. The fraction of sp³-hybridized carbons (Fsp3) is 0. The van der Waals surface area contributed by atoms with Gasteiger partial charge in [-0.15, -0.1) is 0 Å². The molecule has 0 spiro atoms. The second-order valence-electron chi connectivity index (χ2n) is 1.71. The number of nitrogens with zero attached hydrogens (tertiary/aromatic N) is 1. The van der Waals surface area contributed by atoms with Gasteiger partial charge in [0.25, 0.3) is 0 Å². The average molecular weight is 192 g/mol. The summed E-state index contributed by atoms with van der Waals surface area (Å²) in [6, 6.07) is 6.87. The molecule has 0 saturated carbocycles. The van der Waals surface area contributed by atoms with Crippen LogP contribution >= 0.6 is 23.2 Å². The Balaban J connectivity index is 0.000001000. The first-order valence-corrected chi connectivity index (χ1v) is 3.35. The van der Waals surface area contributed by atoms with Gasteiger partial charge in [-0.2, -0.15) is 5.26 Å². The van der Waals surface area contributed by atoms with E-state index in [2.05, 4.69) is 0 Å². The molecule has 0 fully saturated rings. The maximum atomic E-state index is 8.45. The standard InChI is InChI=1S/C7H3Cl2N.FH/c8-6-3-1-2-5(4-10)7(6)9;/h1-3H;1H. The van der Waals surface area contributed by atoms with Gasteiger partial charge in [0.05, 0.1) is 15.6 Å². The van der Waals surface area contributed by atoms with Crippen LogP contribution < -0.4 is 0 Å². The molecular weight excluding hydrogens is 188 g/mol. The molecule has 4 heteroatoms.